The largest absolute Gasteiger partial charge is 0.381 e. The predicted octanol–water partition coefficient (Wildman–Crippen LogP) is 2.96. The monoisotopic (exact) mass is 346 g/mol. The average molecular weight is 346 g/mol. The molecular weight excluding hydrogens is 319 g/mol. The fraction of sp³-hybridized carbons (Fsp3) is 0.650. The summed E-state index contributed by atoms with van der Waals surface area (Å²) in [6.07, 6.45) is 4.60. The SMILES string of the molecule is C[C@]12CCN(C3CCOCC3)[C@H]1CCC(=O)N2Cc1ccccc1F. The van der Waals surface area contributed by atoms with Crippen LogP contribution in [0.1, 0.15) is 44.6 Å². The number of fused-ring (bicyclic) bond motifs is 1. The van der Waals surface area contributed by atoms with Gasteiger partial charge in [0, 0.05) is 50.4 Å². The lowest BCUT2D eigenvalue weighted by atomic mass is 9.82. The highest BCUT2D eigenvalue weighted by atomic mass is 19.1. The van der Waals surface area contributed by atoms with Gasteiger partial charge in [-0.3, -0.25) is 9.69 Å². The third-order valence-corrected chi connectivity index (χ3v) is 6.49. The first-order chi connectivity index (χ1) is 12.1. The zero-order valence-corrected chi connectivity index (χ0v) is 14.9. The maximum Gasteiger partial charge on any atom is 0.223 e. The van der Waals surface area contributed by atoms with Crippen molar-refractivity contribution in [3.8, 4) is 0 Å². The molecule has 0 N–H and O–H groups in total. The van der Waals surface area contributed by atoms with Gasteiger partial charge in [0.05, 0.1) is 5.54 Å². The van der Waals surface area contributed by atoms with Gasteiger partial charge < -0.3 is 9.64 Å². The van der Waals surface area contributed by atoms with E-state index in [0.29, 0.717) is 30.6 Å². The van der Waals surface area contributed by atoms with Gasteiger partial charge in [-0.05, 0) is 38.7 Å². The van der Waals surface area contributed by atoms with E-state index in [9.17, 15) is 9.18 Å². The molecule has 3 aliphatic heterocycles. The average Bonchev–Trinajstić information content (AvgIpc) is 2.97. The first-order valence-electron chi connectivity index (χ1n) is 9.47. The van der Waals surface area contributed by atoms with E-state index >= 15 is 0 Å². The minimum absolute atomic E-state index is 0.163. The summed E-state index contributed by atoms with van der Waals surface area (Å²) in [6, 6.07) is 7.75. The van der Waals surface area contributed by atoms with Gasteiger partial charge in [0.15, 0.2) is 0 Å². The fourth-order valence-electron chi connectivity index (χ4n) is 5.03. The van der Waals surface area contributed by atoms with Gasteiger partial charge in [0.2, 0.25) is 5.91 Å². The van der Waals surface area contributed by atoms with Crippen LogP contribution >= 0.6 is 0 Å². The molecule has 0 spiro atoms. The molecule has 25 heavy (non-hydrogen) atoms. The summed E-state index contributed by atoms with van der Waals surface area (Å²) in [6.45, 7) is 5.27. The molecule has 136 valence electrons. The van der Waals surface area contributed by atoms with Crippen molar-refractivity contribution >= 4 is 5.91 Å². The zero-order chi connectivity index (χ0) is 17.4. The molecule has 3 heterocycles. The Morgan fingerprint density at radius 1 is 1.24 bits per heavy atom. The molecule has 0 radical (unpaired) electrons. The van der Waals surface area contributed by atoms with E-state index in [2.05, 4.69) is 11.8 Å². The zero-order valence-electron chi connectivity index (χ0n) is 14.9. The standard InChI is InChI=1S/C20H27FN2O2/c1-20-10-11-22(16-8-12-25-13-9-16)18(20)6-7-19(24)23(20)14-15-4-2-3-5-17(15)21/h2-5,16,18H,6-14H2,1H3/t18-,20-/m0/s1. The van der Waals surface area contributed by atoms with Gasteiger partial charge in [0.25, 0.3) is 0 Å². The molecule has 0 bridgehead atoms. The summed E-state index contributed by atoms with van der Waals surface area (Å²) in [5, 5.41) is 0. The minimum atomic E-state index is -0.222. The number of nitrogens with zero attached hydrogens (tertiary/aromatic N) is 2. The molecule has 5 heteroatoms. The highest BCUT2D eigenvalue weighted by molar-refractivity contribution is 5.78. The maximum absolute atomic E-state index is 14.1. The third-order valence-electron chi connectivity index (χ3n) is 6.49. The second-order valence-electron chi connectivity index (χ2n) is 7.81. The van der Waals surface area contributed by atoms with Crippen molar-refractivity contribution in [2.75, 3.05) is 19.8 Å². The van der Waals surface area contributed by atoms with E-state index < -0.39 is 0 Å². The molecule has 1 aromatic carbocycles. The summed E-state index contributed by atoms with van der Waals surface area (Å²) < 4.78 is 19.7. The van der Waals surface area contributed by atoms with Crippen LogP contribution in [0.5, 0.6) is 0 Å². The maximum atomic E-state index is 14.1. The molecule has 0 aromatic heterocycles. The second kappa shape index (κ2) is 6.69. The van der Waals surface area contributed by atoms with Crippen LogP contribution in [0, 0.1) is 5.82 Å². The van der Waals surface area contributed by atoms with E-state index in [4.69, 9.17) is 4.74 Å². The van der Waals surface area contributed by atoms with Crippen molar-refractivity contribution < 1.29 is 13.9 Å². The summed E-state index contributed by atoms with van der Waals surface area (Å²) in [5.41, 5.74) is 0.415. The van der Waals surface area contributed by atoms with Crippen molar-refractivity contribution in [2.45, 2.75) is 63.2 Å². The quantitative estimate of drug-likeness (QED) is 0.844. The molecule has 2 atom stereocenters. The molecule has 4 nitrogen and oxygen atoms in total. The molecule has 3 saturated heterocycles. The molecule has 1 aromatic rings. The van der Waals surface area contributed by atoms with Crippen LogP contribution < -0.4 is 0 Å². The van der Waals surface area contributed by atoms with Gasteiger partial charge >= 0.3 is 0 Å². The number of rotatable bonds is 3. The molecule has 0 unspecified atom stereocenters. The molecular formula is C20H27FN2O2. The predicted molar refractivity (Wildman–Crippen MR) is 93.5 cm³/mol. The number of hydrogen-bond acceptors (Lipinski definition) is 3. The number of ether oxygens (including phenoxy) is 1. The van der Waals surface area contributed by atoms with Gasteiger partial charge in [-0.15, -0.1) is 0 Å². The lowest BCUT2D eigenvalue weighted by Gasteiger charge is -2.49. The van der Waals surface area contributed by atoms with Crippen LogP contribution in [0.2, 0.25) is 0 Å². The van der Waals surface area contributed by atoms with Crippen molar-refractivity contribution in [3.05, 3.63) is 35.6 Å². The summed E-state index contributed by atoms with van der Waals surface area (Å²) >= 11 is 0. The summed E-state index contributed by atoms with van der Waals surface area (Å²) in [7, 11) is 0. The molecule has 0 aliphatic carbocycles. The molecule has 3 aliphatic rings. The molecule has 3 fully saturated rings. The van der Waals surface area contributed by atoms with Crippen LogP contribution in [-0.2, 0) is 16.1 Å². The normalized spacial score (nSPS) is 31.4. The first kappa shape index (κ1) is 17.0. The Labute approximate surface area is 148 Å². The number of carbonyl (C=O) groups excluding carboxylic acids is 1. The number of halogens is 1. The Balaban J connectivity index is 1.57. The van der Waals surface area contributed by atoms with Crippen LogP contribution in [0.4, 0.5) is 4.39 Å². The Kier molecular flexibility index (Phi) is 4.54. The van der Waals surface area contributed by atoms with Crippen LogP contribution in [0.25, 0.3) is 0 Å². The van der Waals surface area contributed by atoms with Crippen LogP contribution in [0.15, 0.2) is 24.3 Å². The fourth-order valence-corrected chi connectivity index (χ4v) is 5.03. The van der Waals surface area contributed by atoms with E-state index in [0.717, 1.165) is 45.4 Å². The highest BCUT2D eigenvalue weighted by Gasteiger charge is 2.53. The van der Waals surface area contributed by atoms with E-state index in [1.165, 1.54) is 6.07 Å². The van der Waals surface area contributed by atoms with Crippen molar-refractivity contribution in [3.63, 3.8) is 0 Å². The van der Waals surface area contributed by atoms with Crippen LogP contribution in [-0.4, -0.2) is 53.1 Å². The van der Waals surface area contributed by atoms with Gasteiger partial charge in [-0.2, -0.15) is 0 Å². The Hall–Kier alpha value is -1.46. The Morgan fingerprint density at radius 3 is 2.76 bits per heavy atom. The number of likely N-dealkylation sites (tertiary alicyclic amines) is 2. The van der Waals surface area contributed by atoms with Crippen molar-refractivity contribution in [1.29, 1.82) is 0 Å². The topological polar surface area (TPSA) is 32.8 Å². The smallest absolute Gasteiger partial charge is 0.223 e. The van der Waals surface area contributed by atoms with Crippen molar-refractivity contribution in [2.24, 2.45) is 0 Å². The number of amides is 1. The van der Waals surface area contributed by atoms with Crippen molar-refractivity contribution in [1.82, 2.24) is 9.80 Å². The molecule has 4 rings (SSSR count). The number of hydrogen-bond donors (Lipinski definition) is 0. The summed E-state index contributed by atoms with van der Waals surface area (Å²) in [4.78, 5) is 17.3. The summed E-state index contributed by atoms with van der Waals surface area (Å²) in [5.74, 6) is -0.0591. The number of benzene rings is 1. The van der Waals surface area contributed by atoms with Crippen LogP contribution in [0.3, 0.4) is 0 Å². The Bertz CT molecular complexity index is 646. The van der Waals surface area contributed by atoms with E-state index in [1.807, 2.05) is 11.0 Å². The lowest BCUT2D eigenvalue weighted by molar-refractivity contribution is -0.145. The van der Waals surface area contributed by atoms with E-state index in [1.54, 1.807) is 12.1 Å². The number of carbonyl (C=O) groups is 1. The first-order valence-corrected chi connectivity index (χ1v) is 9.47. The van der Waals surface area contributed by atoms with Gasteiger partial charge in [0.1, 0.15) is 5.82 Å². The highest BCUT2D eigenvalue weighted by Crippen LogP contribution is 2.43. The van der Waals surface area contributed by atoms with E-state index in [-0.39, 0.29) is 17.3 Å². The van der Waals surface area contributed by atoms with Gasteiger partial charge in [-0.1, -0.05) is 18.2 Å². The van der Waals surface area contributed by atoms with Gasteiger partial charge in [-0.25, -0.2) is 4.39 Å². The third kappa shape index (κ3) is 2.97. The lowest BCUT2D eigenvalue weighted by Crippen LogP contribution is -2.61. The Morgan fingerprint density at radius 2 is 2.00 bits per heavy atom. The molecule has 1 amide bonds. The minimum Gasteiger partial charge on any atom is -0.381 e. The number of piperidine rings is 1. The second-order valence-corrected chi connectivity index (χ2v) is 7.81. The molecule has 0 saturated carbocycles.